The topological polar surface area (TPSA) is 111 Å². The zero-order valence-electron chi connectivity index (χ0n) is 15.4. The van der Waals surface area contributed by atoms with Gasteiger partial charge in [0.25, 0.3) is 5.91 Å². The monoisotopic (exact) mass is 395 g/mol. The first-order valence-corrected chi connectivity index (χ1v) is 9.49. The minimum Gasteiger partial charge on any atom is -0.456 e. The molecule has 0 aliphatic heterocycles. The van der Waals surface area contributed by atoms with E-state index in [9.17, 15) is 14.4 Å². The Morgan fingerprint density at radius 3 is 2.52 bits per heavy atom. The fourth-order valence-corrected chi connectivity index (χ4v) is 3.40. The molecule has 1 aromatic carbocycles. The highest BCUT2D eigenvalue weighted by Gasteiger charge is 2.24. The number of primary amides is 1. The molecule has 0 aromatic heterocycles. The normalized spacial score (nSPS) is 20.4. The fourth-order valence-electron chi connectivity index (χ4n) is 3.27. The summed E-state index contributed by atoms with van der Waals surface area (Å²) in [5.74, 6) is -0.490. The van der Waals surface area contributed by atoms with E-state index in [1.807, 2.05) is 0 Å². The highest BCUT2D eigenvalue weighted by Crippen LogP contribution is 2.23. The Morgan fingerprint density at radius 1 is 1.22 bits per heavy atom. The number of halogens is 1. The molecule has 2 rings (SSSR count). The molecule has 0 spiro atoms. The van der Waals surface area contributed by atoms with Crippen LogP contribution in [0.15, 0.2) is 24.3 Å². The average Bonchev–Trinajstić information content (AvgIpc) is 2.62. The largest absolute Gasteiger partial charge is 0.456 e. The number of nitrogens with two attached hydrogens (primary N) is 1. The molecule has 4 N–H and O–H groups in total. The third-order valence-corrected chi connectivity index (χ3v) is 5.03. The molecule has 3 amide bonds. The molecule has 0 radical (unpaired) electrons. The average molecular weight is 396 g/mol. The van der Waals surface area contributed by atoms with Crippen molar-refractivity contribution in [1.82, 2.24) is 10.6 Å². The van der Waals surface area contributed by atoms with Crippen LogP contribution in [0.5, 0.6) is 0 Å². The number of ether oxygens (including phenoxy) is 1. The first-order valence-electron chi connectivity index (χ1n) is 9.11. The van der Waals surface area contributed by atoms with Crippen molar-refractivity contribution in [3.8, 4) is 0 Å². The quantitative estimate of drug-likeness (QED) is 0.616. The number of hydrogen-bond donors (Lipinski definition) is 3. The molecule has 0 bridgehead atoms. The van der Waals surface area contributed by atoms with Crippen LogP contribution in [-0.4, -0.2) is 30.6 Å². The predicted octanol–water partition coefficient (Wildman–Crippen LogP) is 2.68. The standard InChI is InChI=1S/C19H26ClN3O4/c1-12-4-2-3-5-15(12)22-17(24)11-27-18(25)10-16(23-19(21)26)13-6-8-14(20)9-7-13/h6-9,12,15-16H,2-5,10-11H2,1H3,(H,22,24)(H3,21,23,26)/t12-,15-,16-/m0/s1. The maximum atomic E-state index is 12.1. The van der Waals surface area contributed by atoms with Gasteiger partial charge in [0, 0.05) is 11.1 Å². The SMILES string of the molecule is C[C@H]1CCCC[C@@H]1NC(=O)COC(=O)C[C@H](NC(N)=O)c1ccc(Cl)cc1. The molecule has 1 saturated carbocycles. The predicted molar refractivity (Wildman–Crippen MR) is 102 cm³/mol. The van der Waals surface area contributed by atoms with Crippen LogP contribution in [0.25, 0.3) is 0 Å². The summed E-state index contributed by atoms with van der Waals surface area (Å²) in [7, 11) is 0. The van der Waals surface area contributed by atoms with Crippen LogP contribution in [0, 0.1) is 5.92 Å². The molecule has 1 aromatic rings. The molecular formula is C19H26ClN3O4. The number of benzene rings is 1. The van der Waals surface area contributed by atoms with Crippen LogP contribution in [0.1, 0.15) is 50.6 Å². The van der Waals surface area contributed by atoms with E-state index in [0.717, 1.165) is 19.3 Å². The molecule has 0 heterocycles. The number of hydrogen-bond acceptors (Lipinski definition) is 4. The Bertz CT molecular complexity index is 665. The summed E-state index contributed by atoms with van der Waals surface area (Å²) in [5.41, 5.74) is 5.85. The van der Waals surface area contributed by atoms with Crippen molar-refractivity contribution < 1.29 is 19.1 Å². The van der Waals surface area contributed by atoms with Gasteiger partial charge in [0.1, 0.15) is 0 Å². The molecule has 7 nitrogen and oxygen atoms in total. The smallest absolute Gasteiger partial charge is 0.312 e. The maximum Gasteiger partial charge on any atom is 0.312 e. The first-order chi connectivity index (χ1) is 12.8. The van der Waals surface area contributed by atoms with E-state index in [1.54, 1.807) is 24.3 Å². The minimum atomic E-state index is -0.758. The van der Waals surface area contributed by atoms with E-state index in [2.05, 4.69) is 17.6 Å². The molecular weight excluding hydrogens is 370 g/mol. The van der Waals surface area contributed by atoms with Gasteiger partial charge >= 0.3 is 12.0 Å². The van der Waals surface area contributed by atoms with Crippen molar-refractivity contribution in [2.75, 3.05) is 6.61 Å². The number of rotatable bonds is 7. The third-order valence-electron chi connectivity index (χ3n) is 4.78. The zero-order chi connectivity index (χ0) is 19.8. The molecule has 0 unspecified atom stereocenters. The summed E-state index contributed by atoms with van der Waals surface area (Å²) >= 11 is 5.85. The van der Waals surface area contributed by atoms with Gasteiger partial charge in [-0.15, -0.1) is 0 Å². The van der Waals surface area contributed by atoms with Crippen LogP contribution >= 0.6 is 11.6 Å². The summed E-state index contributed by atoms with van der Waals surface area (Å²) in [4.78, 5) is 35.4. The van der Waals surface area contributed by atoms with Gasteiger partial charge in [-0.2, -0.15) is 0 Å². The summed E-state index contributed by atoms with van der Waals surface area (Å²) < 4.78 is 5.07. The number of urea groups is 1. The van der Waals surface area contributed by atoms with Crippen LogP contribution in [0.4, 0.5) is 4.79 Å². The lowest BCUT2D eigenvalue weighted by atomic mass is 9.86. The molecule has 1 aliphatic carbocycles. The van der Waals surface area contributed by atoms with Gasteiger partial charge in [-0.25, -0.2) is 4.79 Å². The Balaban J connectivity index is 1.84. The van der Waals surface area contributed by atoms with E-state index < -0.39 is 18.0 Å². The molecule has 27 heavy (non-hydrogen) atoms. The lowest BCUT2D eigenvalue weighted by Gasteiger charge is -2.29. The molecule has 148 valence electrons. The van der Waals surface area contributed by atoms with Crippen LogP contribution < -0.4 is 16.4 Å². The Hall–Kier alpha value is -2.28. The lowest BCUT2D eigenvalue weighted by molar-refractivity contribution is -0.149. The second-order valence-electron chi connectivity index (χ2n) is 6.91. The number of carbonyl (C=O) groups is 3. The van der Waals surface area contributed by atoms with Gasteiger partial charge in [0.15, 0.2) is 6.61 Å². The van der Waals surface area contributed by atoms with Crippen LogP contribution in [0.3, 0.4) is 0 Å². The summed E-state index contributed by atoms with van der Waals surface area (Å²) in [6.07, 6.45) is 4.17. The number of esters is 1. The van der Waals surface area contributed by atoms with Crippen molar-refractivity contribution in [3.05, 3.63) is 34.9 Å². The van der Waals surface area contributed by atoms with Gasteiger partial charge in [0.2, 0.25) is 0 Å². The van der Waals surface area contributed by atoms with Crippen LogP contribution in [0.2, 0.25) is 5.02 Å². The highest BCUT2D eigenvalue weighted by molar-refractivity contribution is 6.30. The van der Waals surface area contributed by atoms with E-state index in [1.165, 1.54) is 6.42 Å². The summed E-state index contributed by atoms with van der Waals surface area (Å²) in [6.45, 7) is 1.77. The second kappa shape index (κ2) is 10.2. The zero-order valence-corrected chi connectivity index (χ0v) is 16.1. The van der Waals surface area contributed by atoms with Crippen molar-refractivity contribution >= 4 is 29.5 Å². The van der Waals surface area contributed by atoms with E-state index in [0.29, 0.717) is 16.5 Å². The molecule has 3 atom stereocenters. The molecule has 1 aliphatic rings. The molecule has 1 fully saturated rings. The Kier molecular flexibility index (Phi) is 7.91. The molecule has 0 saturated heterocycles. The van der Waals surface area contributed by atoms with E-state index in [4.69, 9.17) is 22.1 Å². The summed E-state index contributed by atoms with van der Waals surface area (Å²) in [6, 6.07) is 5.39. The minimum absolute atomic E-state index is 0.128. The van der Waals surface area contributed by atoms with Crippen LogP contribution in [-0.2, 0) is 14.3 Å². The maximum absolute atomic E-state index is 12.1. The molecule has 8 heteroatoms. The second-order valence-corrected chi connectivity index (χ2v) is 7.35. The fraction of sp³-hybridized carbons (Fsp3) is 0.526. The number of carbonyl (C=O) groups excluding carboxylic acids is 3. The Morgan fingerprint density at radius 2 is 1.89 bits per heavy atom. The lowest BCUT2D eigenvalue weighted by Crippen LogP contribution is -2.43. The van der Waals surface area contributed by atoms with Crippen molar-refractivity contribution in [3.63, 3.8) is 0 Å². The van der Waals surface area contributed by atoms with Gasteiger partial charge < -0.3 is 21.1 Å². The highest BCUT2D eigenvalue weighted by atomic mass is 35.5. The van der Waals surface area contributed by atoms with Gasteiger partial charge in [0.05, 0.1) is 12.5 Å². The van der Waals surface area contributed by atoms with Gasteiger partial charge in [-0.05, 0) is 36.5 Å². The van der Waals surface area contributed by atoms with Crippen molar-refractivity contribution in [2.24, 2.45) is 11.7 Å². The summed E-state index contributed by atoms with van der Waals surface area (Å²) in [5, 5.41) is 5.96. The van der Waals surface area contributed by atoms with Crippen molar-refractivity contribution in [2.45, 2.75) is 51.1 Å². The number of nitrogens with one attached hydrogen (secondary N) is 2. The van der Waals surface area contributed by atoms with Gasteiger partial charge in [-0.1, -0.05) is 43.5 Å². The van der Waals surface area contributed by atoms with E-state index >= 15 is 0 Å². The first kappa shape index (κ1) is 21.0. The van der Waals surface area contributed by atoms with Crippen molar-refractivity contribution in [1.29, 1.82) is 0 Å². The Labute approximate surface area is 164 Å². The van der Waals surface area contributed by atoms with Gasteiger partial charge in [-0.3, -0.25) is 9.59 Å². The number of amides is 3. The third kappa shape index (κ3) is 7.09. The van der Waals surface area contributed by atoms with E-state index in [-0.39, 0.29) is 25.0 Å².